The van der Waals surface area contributed by atoms with Gasteiger partial charge in [0.15, 0.2) is 26.5 Å². The highest BCUT2D eigenvalue weighted by Crippen LogP contribution is 2.48. The van der Waals surface area contributed by atoms with Crippen LogP contribution in [0.25, 0.3) is 0 Å². The minimum atomic E-state index is -6.09. The summed E-state index contributed by atoms with van der Waals surface area (Å²) in [6, 6.07) is 21.0. The predicted octanol–water partition coefficient (Wildman–Crippen LogP) is 6.91. The van der Waals surface area contributed by atoms with E-state index in [4.69, 9.17) is 27.2 Å². The van der Waals surface area contributed by atoms with Gasteiger partial charge in [0, 0.05) is 11.6 Å². The van der Waals surface area contributed by atoms with Gasteiger partial charge in [-0.25, -0.2) is 8.42 Å². The van der Waals surface area contributed by atoms with E-state index in [2.05, 4.69) is 50.2 Å². The number of methoxy groups -OCH3 is 1. The Labute approximate surface area is 240 Å². The minimum absolute atomic E-state index is 0.183. The van der Waals surface area contributed by atoms with Gasteiger partial charge in [-0.05, 0) is 76.4 Å². The molecule has 3 aromatic rings. The third-order valence-corrected chi connectivity index (χ3v) is 9.28. The zero-order valence-corrected chi connectivity index (χ0v) is 24.8. The number of hydrogen-bond donors (Lipinski definition) is 0. The van der Waals surface area contributed by atoms with Crippen LogP contribution in [-0.2, 0) is 30.5 Å². The lowest BCUT2D eigenvalue weighted by atomic mass is 9.88. The lowest BCUT2D eigenvalue weighted by molar-refractivity contribution is -0.151. The molecule has 0 atom stereocenters. The van der Waals surface area contributed by atoms with Crippen molar-refractivity contribution in [3.63, 3.8) is 0 Å². The maximum atomic E-state index is 11.9. The second kappa shape index (κ2) is 12.7. The van der Waals surface area contributed by atoms with Gasteiger partial charge >= 0.3 is 11.5 Å². The van der Waals surface area contributed by atoms with Crippen LogP contribution in [0.1, 0.15) is 37.8 Å². The fourth-order valence-corrected chi connectivity index (χ4v) is 6.53. The first kappa shape index (κ1) is 32.3. The van der Waals surface area contributed by atoms with Crippen molar-refractivity contribution < 1.29 is 45.1 Å². The van der Waals surface area contributed by atoms with Gasteiger partial charge in [0.05, 0.1) is 19.1 Å². The van der Waals surface area contributed by atoms with E-state index < -0.39 is 21.0 Å². The Hall–Kier alpha value is -3.22. The first-order chi connectivity index (χ1) is 19.1. The largest absolute Gasteiger partial charge is 0.741 e. The van der Waals surface area contributed by atoms with Gasteiger partial charge in [-0.3, -0.25) is 4.79 Å². The molecular weight excluding hydrogens is 581 g/mol. The summed E-state index contributed by atoms with van der Waals surface area (Å²) in [5, 5.41) is 0. The molecule has 0 unspecified atom stereocenters. The molecule has 222 valence electrons. The molecule has 41 heavy (non-hydrogen) atoms. The van der Waals surface area contributed by atoms with E-state index in [-0.39, 0.29) is 16.9 Å². The van der Waals surface area contributed by atoms with E-state index >= 15 is 0 Å². The zero-order chi connectivity index (χ0) is 30.6. The van der Waals surface area contributed by atoms with E-state index in [0.717, 1.165) is 29.2 Å². The molecule has 1 aliphatic heterocycles. The highest BCUT2D eigenvalue weighted by molar-refractivity contribution is 7.97. The number of benzene rings is 3. The Morgan fingerprint density at radius 3 is 1.93 bits per heavy atom. The van der Waals surface area contributed by atoms with Crippen molar-refractivity contribution in [2.75, 3.05) is 13.7 Å². The highest BCUT2D eigenvalue weighted by atomic mass is 32.2. The lowest BCUT2D eigenvalue weighted by Gasteiger charge is -2.22. The molecule has 4 rings (SSSR count). The average molecular weight is 613 g/mol. The zero-order valence-electron chi connectivity index (χ0n) is 23.2. The number of carbonyl (C=O) groups excluding carboxylic acids is 1. The second-order valence-corrected chi connectivity index (χ2v) is 13.2. The molecule has 0 N–H and O–H groups in total. The van der Waals surface area contributed by atoms with Crippen molar-refractivity contribution in [1.29, 1.82) is 0 Å². The molecular formula is C29H31F3O7S2. The van der Waals surface area contributed by atoms with Gasteiger partial charge < -0.3 is 18.8 Å². The summed E-state index contributed by atoms with van der Waals surface area (Å²) in [5.74, 6) is 2.55. The molecule has 0 fully saturated rings. The fraction of sp³-hybridized carbons (Fsp3) is 0.345. The van der Waals surface area contributed by atoms with E-state index in [1.807, 2.05) is 38.1 Å². The van der Waals surface area contributed by atoms with Crippen LogP contribution in [0.2, 0.25) is 0 Å². The van der Waals surface area contributed by atoms with Crippen molar-refractivity contribution in [2.45, 2.75) is 60.7 Å². The summed E-state index contributed by atoms with van der Waals surface area (Å²) >= 11 is 0. The summed E-state index contributed by atoms with van der Waals surface area (Å²) < 4.78 is 76.1. The predicted molar refractivity (Wildman–Crippen MR) is 147 cm³/mol. The summed E-state index contributed by atoms with van der Waals surface area (Å²) in [5.41, 5.74) is -3.85. The first-order valence-electron chi connectivity index (χ1n) is 12.5. The molecule has 1 aliphatic rings. The average Bonchev–Trinajstić information content (AvgIpc) is 2.90. The van der Waals surface area contributed by atoms with Crippen LogP contribution in [0.5, 0.6) is 17.2 Å². The molecule has 7 nitrogen and oxygen atoms in total. The quantitative estimate of drug-likeness (QED) is 0.0735. The summed E-state index contributed by atoms with van der Waals surface area (Å²) in [6.45, 7) is 8.63. The molecule has 1 heterocycles. The van der Waals surface area contributed by atoms with E-state index in [1.165, 1.54) is 27.4 Å². The number of esters is 1. The van der Waals surface area contributed by atoms with Gasteiger partial charge in [0.2, 0.25) is 9.79 Å². The van der Waals surface area contributed by atoms with E-state index in [1.54, 1.807) is 0 Å². The molecule has 0 spiro atoms. The van der Waals surface area contributed by atoms with Crippen molar-refractivity contribution in [2.24, 2.45) is 5.41 Å². The second-order valence-electron chi connectivity index (χ2n) is 9.91. The molecule has 0 radical (unpaired) electrons. The topological polar surface area (TPSA) is 102 Å². The van der Waals surface area contributed by atoms with Crippen molar-refractivity contribution in [3.8, 4) is 17.2 Å². The third-order valence-electron chi connectivity index (χ3n) is 6.28. The number of carbonyl (C=O) groups is 1. The normalized spacial score (nSPS) is 13.2. The Morgan fingerprint density at radius 2 is 1.44 bits per heavy atom. The molecule has 12 heteroatoms. The molecule has 3 aromatic carbocycles. The SMILES string of the molecule is COC(=O)C(C)(C)CCCOc1cc(C)c([S+]2c3ccccc3Oc3ccccc32)cc1C.O=S(=O)([O-])C(F)(F)F. The third kappa shape index (κ3) is 7.75. The monoisotopic (exact) mass is 612 g/mol. The standard InChI is InChI=1S/C28H31O4S.CHF3O3S/c1-19-18-26(20(2)17-23(19)31-16-10-15-28(3,4)27(29)30-5)33-24-13-8-6-11-21(24)32-22-12-7-9-14-25(22)33;2-1(3,4)8(5,6)7/h6-9,11-14,17-18H,10,15-16H2,1-5H3;(H,5,6,7)/q+1;/p-1. The van der Waals surface area contributed by atoms with Crippen molar-refractivity contribution >= 4 is 27.0 Å². The molecule has 0 aromatic heterocycles. The van der Waals surface area contributed by atoms with Gasteiger partial charge in [-0.15, -0.1) is 0 Å². The van der Waals surface area contributed by atoms with Crippen LogP contribution in [-0.4, -0.2) is 38.2 Å². The molecule has 0 saturated heterocycles. The van der Waals surface area contributed by atoms with Crippen LogP contribution in [0.4, 0.5) is 13.2 Å². The molecule has 0 saturated carbocycles. The van der Waals surface area contributed by atoms with Gasteiger partial charge in [-0.2, -0.15) is 13.2 Å². The Balaban J connectivity index is 0.000000507. The number of para-hydroxylation sites is 2. The number of halogens is 3. The maximum Gasteiger partial charge on any atom is 0.485 e. The maximum absolute atomic E-state index is 11.9. The highest BCUT2D eigenvalue weighted by Gasteiger charge is 2.40. The van der Waals surface area contributed by atoms with Gasteiger partial charge in [0.25, 0.3) is 0 Å². The number of ether oxygens (including phenoxy) is 3. The van der Waals surface area contributed by atoms with E-state index in [0.29, 0.717) is 13.0 Å². The van der Waals surface area contributed by atoms with Crippen LogP contribution in [0, 0.1) is 19.3 Å². The number of fused-ring (bicyclic) bond motifs is 2. The first-order valence-corrected chi connectivity index (χ1v) is 15.1. The Kier molecular flexibility index (Phi) is 10.0. The Morgan fingerprint density at radius 1 is 0.927 bits per heavy atom. The van der Waals surface area contributed by atoms with Crippen LogP contribution in [0.15, 0.2) is 75.4 Å². The summed E-state index contributed by atoms with van der Waals surface area (Å²) in [6.07, 6.45) is 1.50. The van der Waals surface area contributed by atoms with Crippen molar-refractivity contribution in [3.05, 3.63) is 71.8 Å². The minimum Gasteiger partial charge on any atom is -0.741 e. The van der Waals surface area contributed by atoms with Crippen LogP contribution in [0.3, 0.4) is 0 Å². The summed E-state index contributed by atoms with van der Waals surface area (Å²) in [4.78, 5) is 15.6. The molecule has 0 amide bonds. The number of alkyl halides is 3. The number of hydrogen-bond acceptors (Lipinski definition) is 7. The van der Waals surface area contributed by atoms with E-state index in [9.17, 15) is 18.0 Å². The molecule has 0 bridgehead atoms. The number of rotatable bonds is 7. The van der Waals surface area contributed by atoms with Crippen molar-refractivity contribution in [1.82, 2.24) is 0 Å². The summed E-state index contributed by atoms with van der Waals surface area (Å²) in [7, 11) is -4.90. The van der Waals surface area contributed by atoms with Crippen LogP contribution < -0.4 is 9.47 Å². The smallest absolute Gasteiger partial charge is 0.485 e. The number of aryl methyl sites for hydroxylation is 2. The van der Waals surface area contributed by atoms with Gasteiger partial charge in [-0.1, -0.05) is 24.3 Å². The Bertz CT molecular complexity index is 1460. The van der Waals surface area contributed by atoms with Crippen LogP contribution >= 0.6 is 0 Å². The van der Waals surface area contributed by atoms with Gasteiger partial charge in [0.1, 0.15) is 16.6 Å². The molecule has 0 aliphatic carbocycles. The lowest BCUT2D eigenvalue weighted by Crippen LogP contribution is -2.26. The fourth-order valence-electron chi connectivity index (χ4n) is 4.09.